The first-order valence-corrected chi connectivity index (χ1v) is 27.3. The van der Waals surface area contributed by atoms with Crippen LogP contribution in [0.3, 0.4) is 0 Å². The van der Waals surface area contributed by atoms with Crippen molar-refractivity contribution in [3.63, 3.8) is 0 Å². The summed E-state index contributed by atoms with van der Waals surface area (Å²) in [7, 11) is 0. The fourth-order valence-corrected chi connectivity index (χ4v) is 11.7. The van der Waals surface area contributed by atoms with Gasteiger partial charge in [0.2, 0.25) is 0 Å². The van der Waals surface area contributed by atoms with Crippen molar-refractivity contribution < 1.29 is 0 Å². The molecule has 8 nitrogen and oxygen atoms in total. The molecule has 0 N–H and O–H groups in total. The number of fused-ring (bicyclic) bond motifs is 6. The standard InChI is InChI=1S/C76H42N8/c77-43-48-11-19-53(20-12-48)59-27-31-70-64(37-59)65-38-60(54-21-13-49(44-78)14-22-54)28-32-71(65)83(70)74-35-52(47-81)36-75(76(74)63-41-68(57-7-3-1-4-8-57)82-69(42-63)58-9-5-2-6-10-58)84-72-33-29-61(55-23-15-50(45-79)16-24-55)39-66(72)67-40-62(30-34-73(67)84)56-25-17-51(46-80)18-26-56/h1-42H. The van der Waals surface area contributed by atoms with Crippen LogP contribution < -0.4 is 0 Å². The van der Waals surface area contributed by atoms with Crippen molar-refractivity contribution in [2.45, 2.75) is 0 Å². The van der Waals surface area contributed by atoms with Gasteiger partial charge in [0.1, 0.15) is 0 Å². The van der Waals surface area contributed by atoms with E-state index in [0.29, 0.717) is 27.8 Å². The molecule has 0 aliphatic carbocycles. The van der Waals surface area contributed by atoms with Crippen LogP contribution in [0.15, 0.2) is 255 Å². The number of nitrogens with zero attached hydrogens (tertiary/aromatic N) is 8. The van der Waals surface area contributed by atoms with Crippen molar-refractivity contribution >= 4 is 43.6 Å². The van der Waals surface area contributed by atoms with Gasteiger partial charge in [-0.1, -0.05) is 133 Å². The Hall–Kier alpha value is -12.4. The van der Waals surface area contributed by atoms with E-state index in [4.69, 9.17) is 4.98 Å². The lowest BCUT2D eigenvalue weighted by Crippen LogP contribution is -2.06. The topological polar surface area (TPSA) is 142 Å². The lowest BCUT2D eigenvalue weighted by molar-refractivity contribution is 1.13. The van der Waals surface area contributed by atoms with E-state index < -0.39 is 0 Å². The minimum atomic E-state index is 0.446. The third kappa shape index (κ3) is 8.74. The molecule has 3 aromatic heterocycles. The molecular weight excluding hydrogens is 1020 g/mol. The number of rotatable bonds is 9. The van der Waals surface area contributed by atoms with Gasteiger partial charge in [0.15, 0.2) is 0 Å². The Morgan fingerprint density at radius 1 is 0.238 bits per heavy atom. The Balaban J connectivity index is 1.12. The van der Waals surface area contributed by atoms with E-state index in [2.05, 4.69) is 149 Å². The van der Waals surface area contributed by atoms with E-state index >= 15 is 0 Å². The average molecular weight is 1070 g/mol. The second kappa shape index (κ2) is 20.7. The van der Waals surface area contributed by atoms with Gasteiger partial charge < -0.3 is 9.13 Å². The molecule has 0 spiro atoms. The van der Waals surface area contributed by atoms with Gasteiger partial charge >= 0.3 is 0 Å². The molecule has 0 aliphatic rings. The summed E-state index contributed by atoms with van der Waals surface area (Å²) in [6.07, 6.45) is 0. The molecular formula is C76H42N8. The Bertz CT molecular complexity index is 4650. The van der Waals surface area contributed by atoms with Gasteiger partial charge in [0, 0.05) is 38.2 Å². The fourth-order valence-electron chi connectivity index (χ4n) is 11.7. The molecule has 14 aromatic rings. The Morgan fingerprint density at radius 3 is 0.786 bits per heavy atom. The number of aromatic nitrogens is 3. The van der Waals surface area contributed by atoms with E-state index in [0.717, 1.165) is 133 Å². The van der Waals surface area contributed by atoms with Crippen LogP contribution >= 0.6 is 0 Å². The van der Waals surface area contributed by atoms with E-state index in [9.17, 15) is 26.3 Å². The van der Waals surface area contributed by atoms with Crippen LogP contribution in [0, 0.1) is 56.7 Å². The van der Waals surface area contributed by atoms with Crippen LogP contribution in [0.2, 0.25) is 0 Å². The Labute approximate surface area is 484 Å². The first-order chi connectivity index (χ1) is 41.4. The zero-order valence-corrected chi connectivity index (χ0v) is 44.8. The molecule has 386 valence electrons. The maximum atomic E-state index is 11.4. The van der Waals surface area contributed by atoms with Crippen molar-refractivity contribution in [3.05, 3.63) is 283 Å². The molecule has 84 heavy (non-hydrogen) atoms. The largest absolute Gasteiger partial charge is 0.308 e. The SMILES string of the molecule is N#Cc1ccc(-c2ccc3c(c2)c2cc(-c4ccc(C#N)cc4)ccc2n3-c2cc(C#N)cc(-n3c4ccc(-c5ccc(C#N)cc5)cc4c4cc(-c5ccc(C#N)cc5)ccc43)c2-c2cc(-c3ccccc3)nc(-c3ccccc3)c2)cc1. The predicted molar refractivity (Wildman–Crippen MR) is 335 cm³/mol. The first-order valence-electron chi connectivity index (χ1n) is 27.3. The number of pyridine rings is 1. The highest BCUT2D eigenvalue weighted by molar-refractivity contribution is 6.14. The van der Waals surface area contributed by atoms with E-state index in [-0.39, 0.29) is 0 Å². The zero-order chi connectivity index (χ0) is 56.8. The third-order valence-electron chi connectivity index (χ3n) is 15.9. The minimum Gasteiger partial charge on any atom is -0.308 e. The smallest absolute Gasteiger partial charge is 0.0993 e. The Morgan fingerprint density at radius 2 is 0.512 bits per heavy atom. The molecule has 14 rings (SSSR count). The molecule has 0 saturated carbocycles. The van der Waals surface area contributed by atoms with Gasteiger partial charge in [0.05, 0.1) is 103 Å². The van der Waals surface area contributed by atoms with Crippen molar-refractivity contribution in [1.29, 1.82) is 26.3 Å². The second-order valence-corrected chi connectivity index (χ2v) is 20.7. The quantitative estimate of drug-likeness (QED) is 0.141. The van der Waals surface area contributed by atoms with E-state index in [1.165, 1.54) is 0 Å². The van der Waals surface area contributed by atoms with Crippen molar-refractivity contribution in [2.75, 3.05) is 0 Å². The number of hydrogen-bond acceptors (Lipinski definition) is 6. The Kier molecular flexibility index (Phi) is 12.3. The van der Waals surface area contributed by atoms with Crippen LogP contribution in [0.5, 0.6) is 0 Å². The summed E-state index contributed by atoms with van der Waals surface area (Å²) in [5, 5.41) is 54.2. The lowest BCUT2D eigenvalue weighted by Gasteiger charge is -2.22. The van der Waals surface area contributed by atoms with Gasteiger partial charge in [0.25, 0.3) is 0 Å². The number of benzene rings is 11. The van der Waals surface area contributed by atoms with Crippen molar-refractivity contribution in [1.82, 2.24) is 14.1 Å². The molecule has 3 heterocycles. The monoisotopic (exact) mass is 1070 g/mol. The van der Waals surface area contributed by atoms with Gasteiger partial charge in [-0.3, -0.25) is 0 Å². The molecule has 8 heteroatoms. The number of hydrogen-bond donors (Lipinski definition) is 0. The maximum Gasteiger partial charge on any atom is 0.0993 e. The highest BCUT2D eigenvalue weighted by Crippen LogP contribution is 2.46. The zero-order valence-electron chi connectivity index (χ0n) is 44.8. The third-order valence-corrected chi connectivity index (χ3v) is 15.9. The molecule has 0 amide bonds. The molecule has 0 radical (unpaired) electrons. The van der Waals surface area contributed by atoms with Gasteiger partial charge in [-0.05, 0) is 171 Å². The van der Waals surface area contributed by atoms with Gasteiger partial charge in [-0.25, -0.2) is 4.98 Å². The lowest BCUT2D eigenvalue weighted by atomic mass is 9.95. The van der Waals surface area contributed by atoms with E-state index in [1.807, 2.05) is 146 Å². The summed E-state index contributed by atoms with van der Waals surface area (Å²) >= 11 is 0. The minimum absolute atomic E-state index is 0.446. The van der Waals surface area contributed by atoms with Gasteiger partial charge in [-0.15, -0.1) is 0 Å². The van der Waals surface area contributed by atoms with Crippen molar-refractivity contribution in [2.24, 2.45) is 0 Å². The van der Waals surface area contributed by atoms with Crippen LogP contribution in [0.1, 0.15) is 27.8 Å². The van der Waals surface area contributed by atoms with Gasteiger partial charge in [-0.2, -0.15) is 26.3 Å². The second-order valence-electron chi connectivity index (χ2n) is 20.7. The molecule has 0 fully saturated rings. The summed E-state index contributed by atoms with van der Waals surface area (Å²) in [4.78, 5) is 5.38. The summed E-state index contributed by atoms with van der Waals surface area (Å²) in [6, 6.07) is 96.9. The average Bonchev–Trinajstić information content (AvgIpc) is 1.80. The van der Waals surface area contributed by atoms with Crippen LogP contribution in [0.4, 0.5) is 0 Å². The highest BCUT2D eigenvalue weighted by Gasteiger charge is 2.26. The fraction of sp³-hybridized carbons (Fsp3) is 0. The maximum absolute atomic E-state index is 11.4. The number of nitriles is 5. The molecule has 0 bridgehead atoms. The highest BCUT2D eigenvalue weighted by atomic mass is 15.0. The van der Waals surface area contributed by atoms with Crippen LogP contribution in [-0.2, 0) is 0 Å². The molecule has 11 aromatic carbocycles. The van der Waals surface area contributed by atoms with E-state index in [1.54, 1.807) is 0 Å². The summed E-state index contributed by atoms with van der Waals surface area (Å²) in [5.41, 5.74) is 20.8. The molecule has 0 aliphatic heterocycles. The van der Waals surface area contributed by atoms with Crippen LogP contribution in [-0.4, -0.2) is 14.1 Å². The van der Waals surface area contributed by atoms with Crippen molar-refractivity contribution in [3.8, 4) is 120 Å². The normalized spacial score (nSPS) is 11.0. The van der Waals surface area contributed by atoms with Crippen LogP contribution in [0.25, 0.3) is 133 Å². The summed E-state index contributed by atoms with van der Waals surface area (Å²) < 4.78 is 4.58. The predicted octanol–water partition coefficient (Wildman–Crippen LogP) is 18.3. The summed E-state index contributed by atoms with van der Waals surface area (Å²) in [5.74, 6) is 0. The molecule has 0 unspecified atom stereocenters. The first kappa shape index (κ1) is 49.9. The summed E-state index contributed by atoms with van der Waals surface area (Å²) in [6.45, 7) is 0. The molecule has 0 atom stereocenters. The molecule has 0 saturated heterocycles.